The quantitative estimate of drug-likeness (QED) is 0.867. The molecule has 1 heterocycles. The van der Waals surface area contributed by atoms with E-state index in [1.54, 1.807) is 25.3 Å². The predicted octanol–water partition coefficient (Wildman–Crippen LogP) is 2.90. The highest BCUT2D eigenvalue weighted by atomic mass is 32.2. The normalized spacial score (nSPS) is 11.5. The number of nitrogens with zero attached hydrogens (tertiary/aromatic N) is 2. The van der Waals surface area contributed by atoms with Crippen molar-refractivity contribution < 1.29 is 13.2 Å². The average molecular weight is 326 g/mol. The summed E-state index contributed by atoms with van der Waals surface area (Å²) in [5, 5.41) is 0.471. The van der Waals surface area contributed by atoms with Crippen molar-refractivity contribution in [1.82, 2.24) is 4.98 Å². The first kappa shape index (κ1) is 15.8. The number of sulfonamides is 1. The largest absolute Gasteiger partial charge is 0.496 e. The Morgan fingerprint density at radius 1 is 1.24 bits per heavy atom. The molecular formula is C14H18N2O3S2. The fourth-order valence-corrected chi connectivity index (χ4v) is 4.18. The maximum atomic E-state index is 12.7. The molecular weight excluding hydrogens is 308 g/mol. The van der Waals surface area contributed by atoms with E-state index in [1.165, 1.54) is 22.7 Å². The van der Waals surface area contributed by atoms with Gasteiger partial charge in [0.15, 0.2) is 5.13 Å². The standard InChI is InChI=1S/C14H18N2O3S2/c1-9-8-12(6-7-13(9)19-5)21(17,18)16(4)14-15-10(2)11(3)20-14/h6-8H,1-5H3. The van der Waals surface area contributed by atoms with Crippen LogP contribution in [0.5, 0.6) is 5.75 Å². The summed E-state index contributed by atoms with van der Waals surface area (Å²) in [5.41, 5.74) is 1.63. The highest BCUT2D eigenvalue weighted by molar-refractivity contribution is 7.93. The molecule has 114 valence electrons. The molecule has 0 bridgehead atoms. The number of thiazole rings is 1. The monoisotopic (exact) mass is 326 g/mol. The lowest BCUT2D eigenvalue weighted by atomic mass is 10.2. The second-order valence-electron chi connectivity index (χ2n) is 4.74. The molecule has 2 rings (SSSR count). The zero-order valence-corrected chi connectivity index (χ0v) is 14.3. The van der Waals surface area contributed by atoms with E-state index in [1.807, 2.05) is 20.8 Å². The van der Waals surface area contributed by atoms with Gasteiger partial charge in [-0.25, -0.2) is 17.7 Å². The third-order valence-electron chi connectivity index (χ3n) is 3.31. The van der Waals surface area contributed by atoms with Crippen molar-refractivity contribution >= 4 is 26.5 Å². The van der Waals surface area contributed by atoms with E-state index in [2.05, 4.69) is 4.98 Å². The summed E-state index contributed by atoms with van der Waals surface area (Å²) < 4.78 is 31.7. The SMILES string of the molecule is COc1ccc(S(=O)(=O)N(C)c2nc(C)c(C)s2)cc1C. The molecule has 1 aromatic heterocycles. The van der Waals surface area contributed by atoms with Crippen LogP contribution in [-0.2, 0) is 10.0 Å². The molecule has 0 amide bonds. The Labute approximate surface area is 129 Å². The molecule has 0 radical (unpaired) electrons. The van der Waals surface area contributed by atoms with Crippen molar-refractivity contribution in [3.63, 3.8) is 0 Å². The van der Waals surface area contributed by atoms with E-state index >= 15 is 0 Å². The maximum Gasteiger partial charge on any atom is 0.265 e. The lowest BCUT2D eigenvalue weighted by Crippen LogP contribution is -2.26. The fourth-order valence-electron chi connectivity index (χ4n) is 1.86. The Morgan fingerprint density at radius 3 is 2.38 bits per heavy atom. The van der Waals surface area contributed by atoms with Crippen molar-refractivity contribution in [2.24, 2.45) is 0 Å². The Kier molecular flexibility index (Phi) is 4.25. The second-order valence-corrected chi connectivity index (χ2v) is 7.89. The van der Waals surface area contributed by atoms with Gasteiger partial charge in [0.2, 0.25) is 0 Å². The molecule has 5 nitrogen and oxygen atoms in total. The van der Waals surface area contributed by atoms with Gasteiger partial charge in [-0.1, -0.05) is 0 Å². The number of hydrogen-bond donors (Lipinski definition) is 0. The highest BCUT2D eigenvalue weighted by Gasteiger charge is 2.24. The van der Waals surface area contributed by atoms with Crippen molar-refractivity contribution in [2.75, 3.05) is 18.5 Å². The molecule has 0 saturated heterocycles. The Balaban J connectivity index is 2.43. The number of anilines is 1. The molecule has 0 aliphatic carbocycles. The van der Waals surface area contributed by atoms with Crippen LogP contribution in [-0.4, -0.2) is 27.6 Å². The molecule has 1 aromatic carbocycles. The Hall–Kier alpha value is -1.60. The zero-order chi connectivity index (χ0) is 15.8. The van der Waals surface area contributed by atoms with Crippen LogP contribution in [0.1, 0.15) is 16.1 Å². The number of methoxy groups -OCH3 is 1. The third-order valence-corrected chi connectivity index (χ3v) is 6.32. The highest BCUT2D eigenvalue weighted by Crippen LogP contribution is 2.30. The van der Waals surface area contributed by atoms with E-state index in [0.29, 0.717) is 10.9 Å². The first-order valence-electron chi connectivity index (χ1n) is 6.35. The number of aromatic nitrogens is 1. The molecule has 0 fully saturated rings. The van der Waals surface area contributed by atoms with Gasteiger partial charge < -0.3 is 4.74 Å². The van der Waals surface area contributed by atoms with Crippen molar-refractivity contribution in [1.29, 1.82) is 0 Å². The minimum atomic E-state index is -3.62. The van der Waals surface area contributed by atoms with Gasteiger partial charge in [0.1, 0.15) is 5.75 Å². The topological polar surface area (TPSA) is 59.5 Å². The lowest BCUT2D eigenvalue weighted by molar-refractivity contribution is 0.411. The number of ether oxygens (including phenoxy) is 1. The molecule has 0 unspecified atom stereocenters. The Bertz CT molecular complexity index is 747. The average Bonchev–Trinajstić information content (AvgIpc) is 2.77. The van der Waals surface area contributed by atoms with Crippen LogP contribution in [0.4, 0.5) is 5.13 Å². The molecule has 0 aliphatic rings. The van der Waals surface area contributed by atoms with Crippen LogP contribution in [0.3, 0.4) is 0 Å². The van der Waals surface area contributed by atoms with Gasteiger partial charge in [0, 0.05) is 11.9 Å². The van der Waals surface area contributed by atoms with Crippen LogP contribution in [0, 0.1) is 20.8 Å². The van der Waals surface area contributed by atoms with Gasteiger partial charge in [-0.2, -0.15) is 0 Å². The Morgan fingerprint density at radius 2 is 1.90 bits per heavy atom. The molecule has 0 aliphatic heterocycles. The summed E-state index contributed by atoms with van der Waals surface area (Å²) in [6.45, 7) is 5.61. The number of rotatable bonds is 4. The van der Waals surface area contributed by atoms with Crippen LogP contribution in [0.25, 0.3) is 0 Å². The predicted molar refractivity (Wildman–Crippen MR) is 84.9 cm³/mol. The summed E-state index contributed by atoms with van der Waals surface area (Å²) in [4.78, 5) is 5.54. The van der Waals surface area contributed by atoms with Crippen molar-refractivity contribution in [3.05, 3.63) is 34.3 Å². The van der Waals surface area contributed by atoms with E-state index in [-0.39, 0.29) is 4.90 Å². The smallest absolute Gasteiger partial charge is 0.265 e. The summed E-state index contributed by atoms with van der Waals surface area (Å²) in [6, 6.07) is 4.82. The van der Waals surface area contributed by atoms with Crippen molar-refractivity contribution in [3.8, 4) is 5.75 Å². The van der Waals surface area contributed by atoms with E-state index in [4.69, 9.17) is 4.74 Å². The van der Waals surface area contributed by atoms with Crippen LogP contribution >= 0.6 is 11.3 Å². The minimum absolute atomic E-state index is 0.230. The molecule has 2 aromatic rings. The van der Waals surface area contributed by atoms with E-state index in [0.717, 1.165) is 16.1 Å². The molecule has 7 heteroatoms. The first-order chi connectivity index (χ1) is 9.77. The van der Waals surface area contributed by atoms with Crippen molar-refractivity contribution in [2.45, 2.75) is 25.7 Å². The lowest BCUT2D eigenvalue weighted by Gasteiger charge is -2.17. The van der Waals surface area contributed by atoms with Gasteiger partial charge in [-0.3, -0.25) is 0 Å². The van der Waals surface area contributed by atoms with Gasteiger partial charge in [0.05, 0.1) is 17.7 Å². The summed E-state index contributed by atoms with van der Waals surface area (Å²) in [6.07, 6.45) is 0. The minimum Gasteiger partial charge on any atom is -0.496 e. The summed E-state index contributed by atoms with van der Waals surface area (Å²) in [7, 11) is -0.538. The number of aryl methyl sites for hydroxylation is 3. The fraction of sp³-hybridized carbons (Fsp3) is 0.357. The van der Waals surface area contributed by atoms with Gasteiger partial charge in [-0.15, -0.1) is 11.3 Å². The molecule has 0 spiro atoms. The summed E-state index contributed by atoms with van der Waals surface area (Å²) >= 11 is 1.37. The zero-order valence-electron chi connectivity index (χ0n) is 12.7. The maximum absolute atomic E-state index is 12.7. The van der Waals surface area contributed by atoms with Crippen LogP contribution < -0.4 is 9.04 Å². The summed E-state index contributed by atoms with van der Waals surface area (Å²) in [5.74, 6) is 0.664. The molecule has 0 saturated carbocycles. The van der Waals surface area contributed by atoms with Crippen LogP contribution in [0.2, 0.25) is 0 Å². The van der Waals surface area contributed by atoms with E-state index < -0.39 is 10.0 Å². The van der Waals surface area contributed by atoms with E-state index in [9.17, 15) is 8.42 Å². The number of hydrogen-bond acceptors (Lipinski definition) is 5. The van der Waals surface area contributed by atoms with Crippen LogP contribution in [0.15, 0.2) is 23.1 Å². The van der Waals surface area contributed by atoms with Gasteiger partial charge in [0.25, 0.3) is 10.0 Å². The number of benzene rings is 1. The molecule has 21 heavy (non-hydrogen) atoms. The van der Waals surface area contributed by atoms with Gasteiger partial charge >= 0.3 is 0 Å². The third kappa shape index (κ3) is 2.89. The van der Waals surface area contributed by atoms with Gasteiger partial charge in [-0.05, 0) is 44.5 Å². The second kappa shape index (κ2) is 5.65. The molecule has 0 N–H and O–H groups in total. The first-order valence-corrected chi connectivity index (χ1v) is 8.60. The molecule has 0 atom stereocenters.